The number of amides is 1. The fraction of sp³-hybridized carbons (Fsp3) is 0.550. The molecule has 1 amide bonds. The quantitative estimate of drug-likeness (QED) is 0.882. The van der Waals surface area contributed by atoms with Crippen molar-refractivity contribution in [3.8, 4) is 0 Å². The lowest BCUT2D eigenvalue weighted by molar-refractivity contribution is -0.0361. The number of morpholine rings is 1. The second kappa shape index (κ2) is 7.62. The molecule has 4 rings (SSSR count). The molecule has 0 unspecified atom stereocenters. The number of nitrogens with zero attached hydrogens (tertiary/aromatic N) is 1. The molecule has 0 radical (unpaired) electrons. The standard InChI is InChI=1S/C20H25FN2O2S/c21-16-4-5-17-15(12-16)13-18(26-17)19(24)22-14-20(6-2-1-3-7-20)23-8-10-25-11-9-23/h4-5,12-13H,1-3,6-11,14H2,(H,22,24). The number of nitrogens with one attached hydrogen (secondary N) is 1. The Bertz CT molecular complexity index is 779. The summed E-state index contributed by atoms with van der Waals surface area (Å²) in [6.07, 6.45) is 5.97. The second-order valence-corrected chi connectivity index (χ2v) is 8.44. The first-order valence-corrected chi connectivity index (χ1v) is 10.3. The van der Waals surface area contributed by atoms with Gasteiger partial charge < -0.3 is 10.1 Å². The highest BCUT2D eigenvalue weighted by Crippen LogP contribution is 2.34. The molecule has 1 aliphatic carbocycles. The van der Waals surface area contributed by atoms with Crippen LogP contribution in [0.5, 0.6) is 0 Å². The maximum Gasteiger partial charge on any atom is 0.261 e. The summed E-state index contributed by atoms with van der Waals surface area (Å²) < 4.78 is 19.8. The Kier molecular flexibility index (Phi) is 5.25. The van der Waals surface area contributed by atoms with E-state index < -0.39 is 0 Å². The van der Waals surface area contributed by atoms with Crippen molar-refractivity contribution in [1.29, 1.82) is 0 Å². The van der Waals surface area contributed by atoms with Gasteiger partial charge in [-0.15, -0.1) is 11.3 Å². The third kappa shape index (κ3) is 3.63. The van der Waals surface area contributed by atoms with Gasteiger partial charge in [-0.3, -0.25) is 9.69 Å². The van der Waals surface area contributed by atoms with Crippen LogP contribution < -0.4 is 5.32 Å². The topological polar surface area (TPSA) is 41.6 Å². The summed E-state index contributed by atoms with van der Waals surface area (Å²) in [7, 11) is 0. The zero-order valence-corrected chi connectivity index (χ0v) is 15.7. The molecule has 2 aromatic rings. The van der Waals surface area contributed by atoms with Gasteiger partial charge in [0.1, 0.15) is 5.82 Å². The molecule has 2 fully saturated rings. The molecule has 2 heterocycles. The summed E-state index contributed by atoms with van der Waals surface area (Å²) in [4.78, 5) is 15.9. The number of fused-ring (bicyclic) bond motifs is 1. The van der Waals surface area contributed by atoms with E-state index >= 15 is 0 Å². The Morgan fingerprint density at radius 2 is 1.96 bits per heavy atom. The molecular weight excluding hydrogens is 351 g/mol. The minimum atomic E-state index is -0.268. The molecule has 1 saturated heterocycles. The Hall–Kier alpha value is -1.50. The molecule has 6 heteroatoms. The molecule has 1 saturated carbocycles. The van der Waals surface area contributed by atoms with Crippen LogP contribution in [0, 0.1) is 5.82 Å². The van der Waals surface area contributed by atoms with Crippen molar-refractivity contribution >= 4 is 27.3 Å². The fourth-order valence-electron chi connectivity index (χ4n) is 4.31. The number of halogens is 1. The van der Waals surface area contributed by atoms with Crippen LogP contribution in [-0.4, -0.2) is 49.2 Å². The number of benzene rings is 1. The molecule has 0 atom stereocenters. The van der Waals surface area contributed by atoms with E-state index in [-0.39, 0.29) is 17.3 Å². The molecular formula is C20H25FN2O2S. The minimum Gasteiger partial charge on any atom is -0.379 e. The van der Waals surface area contributed by atoms with Gasteiger partial charge in [0, 0.05) is 29.9 Å². The molecule has 1 aromatic heterocycles. The highest BCUT2D eigenvalue weighted by Gasteiger charge is 2.38. The molecule has 4 nitrogen and oxygen atoms in total. The molecule has 1 aromatic carbocycles. The van der Waals surface area contributed by atoms with Gasteiger partial charge in [0.25, 0.3) is 5.91 Å². The Morgan fingerprint density at radius 3 is 2.73 bits per heavy atom. The maximum absolute atomic E-state index is 13.4. The van der Waals surface area contributed by atoms with Gasteiger partial charge in [0.2, 0.25) is 0 Å². The van der Waals surface area contributed by atoms with Crippen LogP contribution in [0.1, 0.15) is 41.8 Å². The van der Waals surface area contributed by atoms with Crippen LogP contribution in [0.25, 0.3) is 10.1 Å². The maximum atomic E-state index is 13.4. The van der Waals surface area contributed by atoms with E-state index in [1.54, 1.807) is 12.1 Å². The van der Waals surface area contributed by atoms with Crippen LogP contribution in [0.4, 0.5) is 4.39 Å². The van der Waals surface area contributed by atoms with E-state index in [0.29, 0.717) is 11.4 Å². The molecule has 1 aliphatic heterocycles. The summed E-state index contributed by atoms with van der Waals surface area (Å²) in [5, 5.41) is 3.97. The SMILES string of the molecule is O=C(NCC1(N2CCOCC2)CCCCC1)c1cc2cc(F)ccc2s1. The summed E-state index contributed by atoms with van der Waals surface area (Å²) in [5.41, 5.74) is 0.0560. The van der Waals surface area contributed by atoms with Gasteiger partial charge in [0.05, 0.1) is 18.1 Å². The number of rotatable bonds is 4. The number of carbonyl (C=O) groups is 1. The van der Waals surface area contributed by atoms with Crippen LogP contribution in [0.2, 0.25) is 0 Å². The summed E-state index contributed by atoms with van der Waals surface area (Å²) in [6, 6.07) is 6.46. The van der Waals surface area contributed by atoms with Gasteiger partial charge in [-0.2, -0.15) is 0 Å². The average molecular weight is 376 g/mol. The Labute approximate surface area is 157 Å². The Balaban J connectivity index is 1.48. The van der Waals surface area contributed by atoms with Crippen molar-refractivity contribution in [2.45, 2.75) is 37.6 Å². The number of hydrogen-bond donors (Lipinski definition) is 1. The van der Waals surface area contributed by atoms with Crippen LogP contribution in [0.3, 0.4) is 0 Å². The zero-order valence-electron chi connectivity index (χ0n) is 14.9. The van der Waals surface area contributed by atoms with Crippen LogP contribution in [-0.2, 0) is 4.74 Å². The van der Waals surface area contributed by atoms with Crippen molar-refractivity contribution in [3.05, 3.63) is 35.0 Å². The first kappa shape index (κ1) is 17.9. The molecule has 0 bridgehead atoms. The molecule has 140 valence electrons. The van der Waals surface area contributed by atoms with Crippen molar-refractivity contribution in [2.75, 3.05) is 32.8 Å². The summed E-state index contributed by atoms with van der Waals surface area (Å²) in [6.45, 7) is 4.11. The second-order valence-electron chi connectivity index (χ2n) is 7.36. The van der Waals surface area contributed by atoms with Crippen molar-refractivity contribution in [1.82, 2.24) is 10.2 Å². The highest BCUT2D eigenvalue weighted by atomic mass is 32.1. The first-order valence-electron chi connectivity index (χ1n) is 9.46. The molecule has 2 aliphatic rings. The molecule has 0 spiro atoms. The van der Waals surface area contributed by atoms with Crippen molar-refractivity contribution in [3.63, 3.8) is 0 Å². The number of hydrogen-bond acceptors (Lipinski definition) is 4. The lowest BCUT2D eigenvalue weighted by Gasteiger charge is -2.48. The van der Waals surface area contributed by atoms with E-state index in [9.17, 15) is 9.18 Å². The van der Waals surface area contributed by atoms with E-state index in [2.05, 4.69) is 10.2 Å². The third-order valence-corrected chi connectivity index (χ3v) is 6.86. The van der Waals surface area contributed by atoms with Gasteiger partial charge in [-0.05, 0) is 42.5 Å². The predicted octanol–water partition coefficient (Wildman–Crippen LogP) is 3.81. The van der Waals surface area contributed by atoms with Crippen LogP contribution in [0.15, 0.2) is 24.3 Å². The third-order valence-electron chi connectivity index (χ3n) is 5.75. The molecule has 1 N–H and O–H groups in total. The smallest absolute Gasteiger partial charge is 0.261 e. The normalized spacial score (nSPS) is 21.0. The zero-order chi connectivity index (χ0) is 18.0. The van der Waals surface area contributed by atoms with Crippen molar-refractivity contribution < 1.29 is 13.9 Å². The molecule has 26 heavy (non-hydrogen) atoms. The van der Waals surface area contributed by atoms with E-state index in [1.807, 2.05) is 0 Å². The number of ether oxygens (including phenoxy) is 1. The number of thiophene rings is 1. The van der Waals surface area contributed by atoms with Crippen LogP contribution >= 0.6 is 11.3 Å². The highest BCUT2D eigenvalue weighted by molar-refractivity contribution is 7.20. The lowest BCUT2D eigenvalue weighted by Crippen LogP contribution is -2.59. The average Bonchev–Trinajstić information content (AvgIpc) is 3.11. The summed E-state index contributed by atoms with van der Waals surface area (Å²) >= 11 is 1.42. The van der Waals surface area contributed by atoms with Crippen molar-refractivity contribution in [2.24, 2.45) is 0 Å². The van der Waals surface area contributed by atoms with Gasteiger partial charge in [-0.1, -0.05) is 19.3 Å². The minimum absolute atomic E-state index is 0.0511. The fourth-order valence-corrected chi connectivity index (χ4v) is 5.27. The van der Waals surface area contributed by atoms with Gasteiger partial charge in [0.15, 0.2) is 0 Å². The van der Waals surface area contributed by atoms with E-state index in [1.165, 1.54) is 42.7 Å². The van der Waals surface area contributed by atoms with Gasteiger partial charge in [-0.25, -0.2) is 4.39 Å². The Morgan fingerprint density at radius 1 is 1.19 bits per heavy atom. The monoisotopic (exact) mass is 376 g/mol. The summed E-state index contributed by atoms with van der Waals surface area (Å²) in [5.74, 6) is -0.319. The predicted molar refractivity (Wildman–Crippen MR) is 102 cm³/mol. The van der Waals surface area contributed by atoms with E-state index in [4.69, 9.17) is 4.74 Å². The van der Waals surface area contributed by atoms with Gasteiger partial charge >= 0.3 is 0 Å². The number of carbonyl (C=O) groups excluding carboxylic acids is 1. The first-order chi connectivity index (χ1) is 12.7. The lowest BCUT2D eigenvalue weighted by atomic mass is 9.79. The van der Waals surface area contributed by atoms with E-state index in [0.717, 1.165) is 49.2 Å². The largest absolute Gasteiger partial charge is 0.379 e.